The molecule has 0 saturated carbocycles. The van der Waals surface area contributed by atoms with Crippen molar-refractivity contribution in [2.75, 3.05) is 32.7 Å². The SMILES string of the molecule is Cc1ccccc1CN1CC[C@H](CNC(=O)CC2=CCNCC2)C1. The number of carbonyl (C=O) groups is 1. The van der Waals surface area contributed by atoms with Crippen molar-refractivity contribution in [1.29, 1.82) is 0 Å². The van der Waals surface area contributed by atoms with Gasteiger partial charge in [0, 0.05) is 32.6 Å². The zero-order chi connectivity index (χ0) is 16.8. The summed E-state index contributed by atoms with van der Waals surface area (Å²) in [5, 5.41) is 6.42. The first-order chi connectivity index (χ1) is 11.7. The summed E-state index contributed by atoms with van der Waals surface area (Å²) in [7, 11) is 0. The molecule has 2 heterocycles. The van der Waals surface area contributed by atoms with Gasteiger partial charge < -0.3 is 10.6 Å². The Bertz CT molecular complexity index is 596. The van der Waals surface area contributed by atoms with Gasteiger partial charge in [-0.3, -0.25) is 9.69 Å². The molecule has 4 nitrogen and oxygen atoms in total. The average Bonchev–Trinajstić information content (AvgIpc) is 3.04. The Morgan fingerprint density at radius 2 is 2.25 bits per heavy atom. The van der Waals surface area contributed by atoms with Crippen LogP contribution in [0.3, 0.4) is 0 Å². The lowest BCUT2D eigenvalue weighted by Crippen LogP contribution is -2.32. The normalized spacial score (nSPS) is 21.5. The lowest BCUT2D eigenvalue weighted by Gasteiger charge is -2.18. The highest BCUT2D eigenvalue weighted by atomic mass is 16.1. The van der Waals surface area contributed by atoms with Crippen molar-refractivity contribution in [3.63, 3.8) is 0 Å². The maximum Gasteiger partial charge on any atom is 0.224 e. The predicted molar refractivity (Wildman–Crippen MR) is 97.8 cm³/mol. The van der Waals surface area contributed by atoms with Crippen molar-refractivity contribution in [3.05, 3.63) is 47.0 Å². The Labute approximate surface area is 145 Å². The number of rotatable bonds is 6. The summed E-state index contributed by atoms with van der Waals surface area (Å²) in [4.78, 5) is 14.6. The molecule has 1 atom stereocenters. The van der Waals surface area contributed by atoms with Crippen LogP contribution in [0.5, 0.6) is 0 Å². The number of hydrogen-bond acceptors (Lipinski definition) is 3. The molecule has 0 aliphatic carbocycles. The highest BCUT2D eigenvalue weighted by molar-refractivity contribution is 5.78. The summed E-state index contributed by atoms with van der Waals surface area (Å²) in [6.07, 6.45) is 4.91. The average molecular weight is 327 g/mol. The zero-order valence-corrected chi connectivity index (χ0v) is 14.7. The summed E-state index contributed by atoms with van der Waals surface area (Å²) in [5.41, 5.74) is 4.06. The van der Waals surface area contributed by atoms with Crippen LogP contribution in [0.25, 0.3) is 0 Å². The number of hydrogen-bond donors (Lipinski definition) is 2. The summed E-state index contributed by atoms with van der Waals surface area (Å²) in [6.45, 7) is 8.13. The van der Waals surface area contributed by atoms with Crippen LogP contribution in [-0.4, -0.2) is 43.5 Å². The van der Waals surface area contributed by atoms with E-state index in [4.69, 9.17) is 0 Å². The maximum atomic E-state index is 12.1. The van der Waals surface area contributed by atoms with E-state index in [-0.39, 0.29) is 5.91 Å². The van der Waals surface area contributed by atoms with E-state index < -0.39 is 0 Å². The van der Waals surface area contributed by atoms with Crippen LogP contribution in [0.4, 0.5) is 0 Å². The molecular formula is C20H29N3O. The number of amides is 1. The number of likely N-dealkylation sites (tertiary alicyclic amines) is 1. The van der Waals surface area contributed by atoms with Crippen molar-refractivity contribution < 1.29 is 4.79 Å². The van der Waals surface area contributed by atoms with Crippen molar-refractivity contribution in [1.82, 2.24) is 15.5 Å². The van der Waals surface area contributed by atoms with Gasteiger partial charge in [-0.05, 0) is 49.9 Å². The molecule has 130 valence electrons. The van der Waals surface area contributed by atoms with Crippen molar-refractivity contribution >= 4 is 5.91 Å². The van der Waals surface area contributed by atoms with Gasteiger partial charge in [-0.1, -0.05) is 35.9 Å². The van der Waals surface area contributed by atoms with Crippen LogP contribution in [0.15, 0.2) is 35.9 Å². The van der Waals surface area contributed by atoms with E-state index in [0.717, 1.165) is 45.7 Å². The molecule has 2 aliphatic heterocycles. The third-order valence-electron chi connectivity index (χ3n) is 5.16. The van der Waals surface area contributed by atoms with E-state index in [1.54, 1.807) is 0 Å². The van der Waals surface area contributed by atoms with E-state index in [0.29, 0.717) is 12.3 Å². The molecule has 1 fully saturated rings. The third kappa shape index (κ3) is 4.92. The largest absolute Gasteiger partial charge is 0.355 e. The van der Waals surface area contributed by atoms with Crippen LogP contribution >= 0.6 is 0 Å². The molecule has 24 heavy (non-hydrogen) atoms. The van der Waals surface area contributed by atoms with E-state index in [1.807, 2.05) is 0 Å². The van der Waals surface area contributed by atoms with E-state index in [1.165, 1.54) is 23.1 Å². The van der Waals surface area contributed by atoms with Gasteiger partial charge in [0.05, 0.1) is 0 Å². The van der Waals surface area contributed by atoms with Gasteiger partial charge in [-0.25, -0.2) is 0 Å². The second kappa shape index (κ2) is 8.45. The van der Waals surface area contributed by atoms with Gasteiger partial charge in [0.1, 0.15) is 0 Å². The number of nitrogens with one attached hydrogen (secondary N) is 2. The molecule has 0 radical (unpaired) electrons. The Balaban J connectivity index is 1.39. The molecular weight excluding hydrogens is 298 g/mol. The summed E-state index contributed by atoms with van der Waals surface area (Å²) in [5.74, 6) is 0.764. The molecule has 4 heteroatoms. The lowest BCUT2D eigenvalue weighted by molar-refractivity contribution is -0.120. The van der Waals surface area contributed by atoms with Gasteiger partial charge in [0.25, 0.3) is 0 Å². The number of nitrogens with zero attached hydrogens (tertiary/aromatic N) is 1. The second-order valence-corrected chi connectivity index (χ2v) is 7.11. The molecule has 1 amide bonds. The van der Waals surface area contributed by atoms with Gasteiger partial charge in [0.2, 0.25) is 5.91 Å². The smallest absolute Gasteiger partial charge is 0.224 e. The third-order valence-corrected chi connectivity index (χ3v) is 5.16. The highest BCUT2D eigenvalue weighted by Gasteiger charge is 2.23. The molecule has 3 rings (SSSR count). The van der Waals surface area contributed by atoms with Crippen molar-refractivity contribution in [2.24, 2.45) is 5.92 Å². The Morgan fingerprint density at radius 3 is 3.04 bits per heavy atom. The minimum Gasteiger partial charge on any atom is -0.355 e. The fourth-order valence-corrected chi connectivity index (χ4v) is 3.61. The van der Waals surface area contributed by atoms with Gasteiger partial charge in [-0.15, -0.1) is 0 Å². The number of carbonyl (C=O) groups excluding carboxylic acids is 1. The summed E-state index contributed by atoms with van der Waals surface area (Å²) < 4.78 is 0. The molecule has 1 aromatic carbocycles. The second-order valence-electron chi connectivity index (χ2n) is 7.11. The van der Waals surface area contributed by atoms with Gasteiger partial charge in [-0.2, -0.15) is 0 Å². The van der Waals surface area contributed by atoms with Crippen LogP contribution in [0.2, 0.25) is 0 Å². The van der Waals surface area contributed by atoms with Crippen molar-refractivity contribution in [2.45, 2.75) is 32.7 Å². The van der Waals surface area contributed by atoms with E-state index >= 15 is 0 Å². The predicted octanol–water partition coefficient (Wildman–Crippen LogP) is 2.24. The fourth-order valence-electron chi connectivity index (χ4n) is 3.61. The summed E-state index contributed by atoms with van der Waals surface area (Å²) >= 11 is 0. The Morgan fingerprint density at radius 1 is 1.38 bits per heavy atom. The molecule has 0 unspecified atom stereocenters. The monoisotopic (exact) mass is 327 g/mol. The first kappa shape index (κ1) is 17.2. The first-order valence-electron chi connectivity index (χ1n) is 9.13. The Hall–Kier alpha value is -1.65. The standard InChI is InChI=1S/C20H29N3O/c1-16-4-2-3-5-19(16)15-23-11-8-18(14-23)13-22-20(24)12-17-6-9-21-10-7-17/h2-6,18,21H,7-15H2,1H3,(H,22,24)/t18-/m1/s1. The minimum absolute atomic E-state index is 0.181. The first-order valence-corrected chi connectivity index (χ1v) is 9.13. The topological polar surface area (TPSA) is 44.4 Å². The molecule has 0 spiro atoms. The van der Waals surface area contributed by atoms with Crippen LogP contribution in [0.1, 0.15) is 30.4 Å². The Kier molecular flexibility index (Phi) is 6.05. The van der Waals surface area contributed by atoms with Crippen molar-refractivity contribution in [3.8, 4) is 0 Å². The highest BCUT2D eigenvalue weighted by Crippen LogP contribution is 2.19. The number of benzene rings is 1. The van der Waals surface area contributed by atoms with Crippen LogP contribution in [-0.2, 0) is 11.3 Å². The van der Waals surface area contributed by atoms with Crippen LogP contribution in [0, 0.1) is 12.8 Å². The molecule has 0 bridgehead atoms. The van der Waals surface area contributed by atoms with Gasteiger partial charge >= 0.3 is 0 Å². The summed E-state index contributed by atoms with van der Waals surface area (Å²) in [6, 6.07) is 8.61. The molecule has 1 saturated heterocycles. The lowest BCUT2D eigenvalue weighted by atomic mass is 10.1. The molecule has 2 aliphatic rings. The maximum absolute atomic E-state index is 12.1. The quantitative estimate of drug-likeness (QED) is 0.788. The van der Waals surface area contributed by atoms with E-state index in [2.05, 4.69) is 52.8 Å². The van der Waals surface area contributed by atoms with E-state index in [9.17, 15) is 4.79 Å². The molecule has 2 N–H and O–H groups in total. The fraction of sp³-hybridized carbons (Fsp3) is 0.550. The minimum atomic E-state index is 0.181. The number of aryl methyl sites for hydroxylation is 1. The van der Waals surface area contributed by atoms with Crippen LogP contribution < -0.4 is 10.6 Å². The van der Waals surface area contributed by atoms with Gasteiger partial charge in [0.15, 0.2) is 0 Å². The zero-order valence-electron chi connectivity index (χ0n) is 14.7. The molecule has 0 aromatic heterocycles. The molecule has 1 aromatic rings.